The topological polar surface area (TPSA) is 76.0 Å². The predicted octanol–water partition coefficient (Wildman–Crippen LogP) is 3.97. The number of hydrogen-bond donors (Lipinski definition) is 2. The van der Waals surface area contributed by atoms with Gasteiger partial charge in [0.2, 0.25) is 0 Å². The number of rotatable bonds is 4. The minimum absolute atomic E-state index is 0.0480. The second-order valence-electron chi connectivity index (χ2n) is 6.58. The highest BCUT2D eigenvalue weighted by atomic mass is 16.5. The number of Topliss-reactive ketones (excluding diaryl/α,β-unsaturated/α-hetero) is 1. The van der Waals surface area contributed by atoms with Crippen LogP contribution < -0.4 is 9.47 Å². The molecule has 0 spiro atoms. The number of methoxy groups -OCH3 is 1. The molecule has 0 radical (unpaired) electrons. The zero-order valence-electron chi connectivity index (χ0n) is 15.1. The van der Waals surface area contributed by atoms with E-state index in [4.69, 9.17) is 9.47 Å². The van der Waals surface area contributed by atoms with Gasteiger partial charge in [-0.05, 0) is 44.0 Å². The number of phenols is 2. The van der Waals surface area contributed by atoms with E-state index in [1.54, 1.807) is 12.1 Å². The van der Waals surface area contributed by atoms with Crippen molar-refractivity contribution in [1.29, 1.82) is 0 Å². The zero-order valence-corrected chi connectivity index (χ0v) is 15.1. The summed E-state index contributed by atoms with van der Waals surface area (Å²) in [7, 11) is 1.50. The van der Waals surface area contributed by atoms with E-state index in [1.165, 1.54) is 19.2 Å². The molecule has 0 aliphatic carbocycles. The average Bonchev–Trinajstić information content (AvgIpc) is 2.60. The largest absolute Gasteiger partial charge is 0.508 e. The maximum atomic E-state index is 13.0. The smallest absolute Gasteiger partial charge is 0.177 e. The number of ether oxygens (including phenoxy) is 2. The Labute approximate surface area is 152 Å². The number of phenolic OH excluding ortho intramolecular Hbond substituents is 2. The van der Waals surface area contributed by atoms with Gasteiger partial charge in [-0.15, -0.1) is 0 Å². The van der Waals surface area contributed by atoms with Crippen LogP contribution in [0.1, 0.15) is 41.3 Å². The van der Waals surface area contributed by atoms with Crippen LogP contribution in [-0.2, 0) is 6.42 Å². The van der Waals surface area contributed by atoms with Gasteiger partial charge in [-0.1, -0.05) is 17.7 Å². The van der Waals surface area contributed by atoms with Crippen molar-refractivity contribution < 1.29 is 24.5 Å². The van der Waals surface area contributed by atoms with Gasteiger partial charge in [-0.25, -0.2) is 0 Å². The van der Waals surface area contributed by atoms with Gasteiger partial charge >= 0.3 is 0 Å². The molecule has 1 heterocycles. The van der Waals surface area contributed by atoms with E-state index in [-0.39, 0.29) is 23.9 Å². The van der Waals surface area contributed by atoms with Crippen molar-refractivity contribution in [2.45, 2.75) is 26.2 Å². The monoisotopic (exact) mass is 354 g/mol. The molecule has 2 aromatic carbocycles. The summed E-state index contributed by atoms with van der Waals surface area (Å²) < 4.78 is 10.9. The van der Waals surface area contributed by atoms with Crippen LogP contribution >= 0.6 is 0 Å². The second kappa shape index (κ2) is 7.12. The number of ketones is 1. The predicted molar refractivity (Wildman–Crippen MR) is 98.5 cm³/mol. The van der Waals surface area contributed by atoms with Crippen LogP contribution in [0.5, 0.6) is 23.0 Å². The number of allylic oxidation sites excluding steroid dienone is 2. The van der Waals surface area contributed by atoms with Crippen LogP contribution in [0.2, 0.25) is 0 Å². The molecular formula is C21H22O5. The van der Waals surface area contributed by atoms with Crippen molar-refractivity contribution in [3.63, 3.8) is 0 Å². The third kappa shape index (κ3) is 3.25. The minimum atomic E-state index is -0.524. The summed E-state index contributed by atoms with van der Waals surface area (Å²) in [4.78, 5) is 13.0. The second-order valence-corrected chi connectivity index (χ2v) is 6.58. The van der Waals surface area contributed by atoms with E-state index in [9.17, 15) is 15.0 Å². The Kier molecular flexibility index (Phi) is 4.89. The molecule has 5 nitrogen and oxygen atoms in total. The van der Waals surface area contributed by atoms with Gasteiger partial charge in [0.25, 0.3) is 0 Å². The lowest BCUT2D eigenvalue weighted by Gasteiger charge is -2.26. The molecule has 0 saturated carbocycles. The van der Waals surface area contributed by atoms with E-state index in [1.807, 2.05) is 26.0 Å². The van der Waals surface area contributed by atoms with E-state index in [0.717, 1.165) is 11.1 Å². The van der Waals surface area contributed by atoms with Gasteiger partial charge in [0.15, 0.2) is 17.3 Å². The number of carbonyl (C=O) groups is 1. The highest BCUT2D eigenvalue weighted by Gasteiger charge is 2.32. The third-order valence-corrected chi connectivity index (χ3v) is 4.54. The fourth-order valence-corrected chi connectivity index (χ4v) is 3.14. The van der Waals surface area contributed by atoms with E-state index in [0.29, 0.717) is 29.0 Å². The summed E-state index contributed by atoms with van der Waals surface area (Å²) in [5.41, 5.74) is 2.94. The van der Waals surface area contributed by atoms with Crippen molar-refractivity contribution >= 4 is 5.78 Å². The minimum Gasteiger partial charge on any atom is -0.508 e. The first-order chi connectivity index (χ1) is 12.4. The van der Waals surface area contributed by atoms with Crippen LogP contribution in [-0.4, -0.2) is 29.7 Å². The lowest BCUT2D eigenvalue weighted by atomic mass is 9.85. The van der Waals surface area contributed by atoms with Gasteiger partial charge in [0.1, 0.15) is 18.1 Å². The molecule has 1 aliphatic heterocycles. The molecule has 1 aliphatic rings. The first kappa shape index (κ1) is 17.9. The highest BCUT2D eigenvalue weighted by Crippen LogP contribution is 2.40. The molecule has 1 atom stereocenters. The summed E-state index contributed by atoms with van der Waals surface area (Å²) in [6.07, 6.45) is 2.49. The first-order valence-corrected chi connectivity index (χ1v) is 8.44. The Balaban J connectivity index is 2.06. The number of hydrogen-bond acceptors (Lipinski definition) is 5. The van der Waals surface area contributed by atoms with Gasteiger partial charge < -0.3 is 19.7 Å². The Morgan fingerprint density at radius 1 is 1.27 bits per heavy atom. The molecule has 2 N–H and O–H groups in total. The normalized spacial score (nSPS) is 15.8. The SMILES string of the molecule is COc1ccc(C2COc3cc(O)ccc3C2=O)c(CC=C(C)C)c1O. The Morgan fingerprint density at radius 3 is 2.73 bits per heavy atom. The molecule has 5 heteroatoms. The standard InChI is InChI=1S/C21H22O5/c1-12(2)4-6-15-14(8-9-18(25-3)21(15)24)17-11-26-19-10-13(22)5-7-16(19)20(17)23/h4-5,7-10,17,22,24H,6,11H2,1-3H3. The molecule has 2 aromatic rings. The van der Waals surface area contributed by atoms with Gasteiger partial charge in [-0.2, -0.15) is 0 Å². The van der Waals surface area contributed by atoms with Gasteiger partial charge in [-0.3, -0.25) is 4.79 Å². The maximum absolute atomic E-state index is 13.0. The van der Waals surface area contributed by atoms with Crippen molar-refractivity contribution in [2.24, 2.45) is 0 Å². The highest BCUT2D eigenvalue weighted by molar-refractivity contribution is 6.04. The van der Waals surface area contributed by atoms with Crippen LogP contribution in [0.4, 0.5) is 0 Å². The number of fused-ring (bicyclic) bond motifs is 1. The van der Waals surface area contributed by atoms with Crippen LogP contribution in [0.15, 0.2) is 42.0 Å². The Bertz CT molecular complexity index is 878. The van der Waals surface area contributed by atoms with Crippen molar-refractivity contribution in [3.8, 4) is 23.0 Å². The van der Waals surface area contributed by atoms with E-state index < -0.39 is 5.92 Å². The van der Waals surface area contributed by atoms with Crippen LogP contribution in [0.25, 0.3) is 0 Å². The Morgan fingerprint density at radius 2 is 2.04 bits per heavy atom. The van der Waals surface area contributed by atoms with Crippen molar-refractivity contribution in [3.05, 3.63) is 58.7 Å². The van der Waals surface area contributed by atoms with Crippen molar-refractivity contribution in [2.75, 3.05) is 13.7 Å². The molecule has 0 amide bonds. The fraction of sp³-hybridized carbons (Fsp3) is 0.286. The molecule has 1 unspecified atom stereocenters. The summed E-state index contributed by atoms with van der Waals surface area (Å²) in [6, 6.07) is 7.95. The quantitative estimate of drug-likeness (QED) is 0.813. The third-order valence-electron chi connectivity index (χ3n) is 4.54. The van der Waals surface area contributed by atoms with E-state index in [2.05, 4.69) is 0 Å². The summed E-state index contributed by atoms with van der Waals surface area (Å²) in [5.74, 6) is 0.252. The molecule has 3 rings (SSSR count). The van der Waals surface area contributed by atoms with Crippen LogP contribution in [0.3, 0.4) is 0 Å². The molecule has 0 aromatic heterocycles. The van der Waals surface area contributed by atoms with Gasteiger partial charge in [0.05, 0.1) is 18.6 Å². The van der Waals surface area contributed by atoms with E-state index >= 15 is 0 Å². The fourth-order valence-electron chi connectivity index (χ4n) is 3.14. The Hall–Kier alpha value is -2.95. The molecule has 26 heavy (non-hydrogen) atoms. The van der Waals surface area contributed by atoms with Crippen LogP contribution in [0, 0.1) is 0 Å². The lowest BCUT2D eigenvalue weighted by Crippen LogP contribution is -2.27. The summed E-state index contributed by atoms with van der Waals surface area (Å²) in [6.45, 7) is 4.12. The first-order valence-electron chi connectivity index (χ1n) is 8.44. The summed E-state index contributed by atoms with van der Waals surface area (Å²) in [5, 5.41) is 20.2. The number of aromatic hydroxyl groups is 2. The molecule has 136 valence electrons. The number of benzene rings is 2. The molecule has 0 bridgehead atoms. The zero-order chi connectivity index (χ0) is 18.8. The molecular weight excluding hydrogens is 332 g/mol. The van der Waals surface area contributed by atoms with Gasteiger partial charge in [0, 0.05) is 11.6 Å². The lowest BCUT2D eigenvalue weighted by molar-refractivity contribution is 0.0895. The molecule has 0 saturated heterocycles. The van der Waals surface area contributed by atoms with Crippen molar-refractivity contribution in [1.82, 2.24) is 0 Å². The maximum Gasteiger partial charge on any atom is 0.177 e. The summed E-state index contributed by atoms with van der Waals surface area (Å²) >= 11 is 0. The number of carbonyl (C=O) groups excluding carboxylic acids is 1. The average molecular weight is 354 g/mol. The molecule has 0 fully saturated rings.